The van der Waals surface area contributed by atoms with Gasteiger partial charge in [0.15, 0.2) is 0 Å². The molecule has 1 aliphatic heterocycles. The molecule has 0 aliphatic carbocycles. The zero-order valence-corrected chi connectivity index (χ0v) is 12.6. The molecule has 96 valence electrons. The molecule has 1 saturated heterocycles. The summed E-state index contributed by atoms with van der Waals surface area (Å²) >= 11 is 3.40. The van der Waals surface area contributed by atoms with Gasteiger partial charge in [0.05, 0.1) is 5.75 Å². The van der Waals surface area contributed by atoms with Crippen LogP contribution >= 0.6 is 15.9 Å². The van der Waals surface area contributed by atoms with Crippen molar-refractivity contribution in [2.75, 3.05) is 17.6 Å². The minimum atomic E-state index is -3.02. The first-order valence-electron chi connectivity index (χ1n) is 6.03. The summed E-state index contributed by atoms with van der Waals surface area (Å²) in [5, 5.41) is 0.960. The molecular formula is C11H22BrNO2S. The average Bonchev–Trinajstić information content (AvgIpc) is 2.61. The number of alkyl halides is 1. The van der Waals surface area contributed by atoms with Crippen molar-refractivity contribution in [3.63, 3.8) is 0 Å². The van der Waals surface area contributed by atoms with Gasteiger partial charge in [0.1, 0.15) is 0 Å². The minimum Gasteiger partial charge on any atom is -0.212 e. The molecule has 1 aliphatic rings. The highest BCUT2D eigenvalue weighted by molar-refractivity contribution is 9.09. The van der Waals surface area contributed by atoms with Crippen molar-refractivity contribution in [2.45, 2.75) is 45.6 Å². The Morgan fingerprint density at radius 1 is 1.44 bits per heavy atom. The number of halogens is 1. The highest BCUT2D eigenvalue weighted by atomic mass is 79.9. The summed E-state index contributed by atoms with van der Waals surface area (Å²) in [6.45, 7) is 4.64. The van der Waals surface area contributed by atoms with Crippen LogP contribution in [0.25, 0.3) is 0 Å². The zero-order chi connectivity index (χ0) is 12.2. The van der Waals surface area contributed by atoms with Gasteiger partial charge >= 0.3 is 0 Å². The summed E-state index contributed by atoms with van der Waals surface area (Å²) in [6, 6.07) is 0.251. The Bertz CT molecular complexity index is 303. The van der Waals surface area contributed by atoms with E-state index < -0.39 is 10.0 Å². The Kier molecular flexibility index (Phi) is 5.74. The fraction of sp³-hybridized carbons (Fsp3) is 1.00. The van der Waals surface area contributed by atoms with E-state index in [4.69, 9.17) is 0 Å². The molecule has 0 amide bonds. The second-order valence-electron chi connectivity index (χ2n) is 4.91. The van der Waals surface area contributed by atoms with Gasteiger partial charge in [-0.2, -0.15) is 4.31 Å². The molecule has 1 atom stereocenters. The summed E-state index contributed by atoms with van der Waals surface area (Å²) in [5.41, 5.74) is 0. The monoisotopic (exact) mass is 311 g/mol. The van der Waals surface area contributed by atoms with Crippen molar-refractivity contribution in [3.8, 4) is 0 Å². The molecule has 16 heavy (non-hydrogen) atoms. The summed E-state index contributed by atoms with van der Waals surface area (Å²) in [4.78, 5) is 0. The molecule has 0 spiro atoms. The van der Waals surface area contributed by atoms with Crippen molar-refractivity contribution in [3.05, 3.63) is 0 Å². The van der Waals surface area contributed by atoms with Crippen LogP contribution in [0.4, 0.5) is 0 Å². The van der Waals surface area contributed by atoms with E-state index in [0.717, 1.165) is 37.6 Å². The Morgan fingerprint density at radius 2 is 2.12 bits per heavy atom. The maximum Gasteiger partial charge on any atom is 0.214 e. The molecule has 0 aromatic heterocycles. The van der Waals surface area contributed by atoms with Gasteiger partial charge in [-0.15, -0.1) is 0 Å². The van der Waals surface area contributed by atoms with Gasteiger partial charge in [-0.1, -0.05) is 29.8 Å². The first-order chi connectivity index (χ1) is 7.47. The molecule has 0 aromatic carbocycles. The Balaban J connectivity index is 2.63. The Morgan fingerprint density at radius 3 is 2.69 bits per heavy atom. The van der Waals surface area contributed by atoms with Gasteiger partial charge in [-0.3, -0.25) is 0 Å². The zero-order valence-electron chi connectivity index (χ0n) is 10.2. The lowest BCUT2D eigenvalue weighted by Crippen LogP contribution is -2.38. The van der Waals surface area contributed by atoms with Crippen molar-refractivity contribution in [1.29, 1.82) is 0 Å². The van der Waals surface area contributed by atoms with E-state index >= 15 is 0 Å². The van der Waals surface area contributed by atoms with Crippen LogP contribution in [0.5, 0.6) is 0 Å². The predicted molar refractivity (Wildman–Crippen MR) is 71.4 cm³/mol. The lowest BCUT2D eigenvalue weighted by molar-refractivity contribution is 0.366. The normalized spacial score (nSPS) is 23.1. The molecule has 1 unspecified atom stereocenters. The number of sulfonamides is 1. The summed E-state index contributed by atoms with van der Waals surface area (Å²) < 4.78 is 26.0. The third-order valence-corrected chi connectivity index (χ3v) is 5.74. The molecule has 0 bridgehead atoms. The fourth-order valence-electron chi connectivity index (χ4n) is 2.29. The van der Waals surface area contributed by atoms with Gasteiger partial charge < -0.3 is 0 Å². The van der Waals surface area contributed by atoms with E-state index in [0.29, 0.717) is 0 Å². The average molecular weight is 312 g/mol. The molecule has 1 heterocycles. The molecule has 0 saturated carbocycles. The van der Waals surface area contributed by atoms with Crippen molar-refractivity contribution in [2.24, 2.45) is 5.92 Å². The maximum absolute atomic E-state index is 12.1. The largest absolute Gasteiger partial charge is 0.214 e. The number of hydrogen-bond acceptors (Lipinski definition) is 2. The number of rotatable bonds is 6. The highest BCUT2D eigenvalue weighted by Gasteiger charge is 2.33. The van der Waals surface area contributed by atoms with Crippen LogP contribution in [-0.4, -0.2) is 36.4 Å². The molecule has 5 heteroatoms. The van der Waals surface area contributed by atoms with E-state index in [-0.39, 0.29) is 17.7 Å². The van der Waals surface area contributed by atoms with Gasteiger partial charge in [-0.05, 0) is 31.6 Å². The van der Waals surface area contributed by atoms with Crippen molar-refractivity contribution in [1.82, 2.24) is 4.31 Å². The SMILES string of the molecule is CC(C)CS(=O)(=O)N1CCCC1CCCBr. The number of hydrogen-bond donors (Lipinski definition) is 0. The van der Waals surface area contributed by atoms with Crippen LogP contribution < -0.4 is 0 Å². The molecular weight excluding hydrogens is 290 g/mol. The van der Waals surface area contributed by atoms with Crippen molar-refractivity contribution < 1.29 is 8.42 Å². The third-order valence-electron chi connectivity index (χ3n) is 2.90. The van der Waals surface area contributed by atoms with Crippen molar-refractivity contribution >= 4 is 26.0 Å². The lowest BCUT2D eigenvalue weighted by atomic mass is 10.1. The highest BCUT2D eigenvalue weighted by Crippen LogP contribution is 2.25. The maximum atomic E-state index is 12.1. The van der Waals surface area contributed by atoms with Crippen LogP contribution in [0.2, 0.25) is 0 Å². The van der Waals surface area contributed by atoms with E-state index in [1.165, 1.54) is 0 Å². The molecule has 3 nitrogen and oxygen atoms in total. The summed E-state index contributed by atoms with van der Waals surface area (Å²) in [6.07, 6.45) is 4.09. The van der Waals surface area contributed by atoms with Gasteiger partial charge in [-0.25, -0.2) is 8.42 Å². The molecule has 1 rings (SSSR count). The van der Waals surface area contributed by atoms with E-state index in [9.17, 15) is 8.42 Å². The number of nitrogens with zero attached hydrogens (tertiary/aromatic N) is 1. The minimum absolute atomic E-state index is 0.211. The third kappa shape index (κ3) is 4.00. The molecule has 0 radical (unpaired) electrons. The molecule has 0 aromatic rings. The van der Waals surface area contributed by atoms with Crippen LogP contribution in [0, 0.1) is 5.92 Å². The fourth-order valence-corrected chi connectivity index (χ4v) is 4.72. The summed E-state index contributed by atoms with van der Waals surface area (Å²) in [7, 11) is -3.02. The van der Waals surface area contributed by atoms with E-state index in [2.05, 4.69) is 15.9 Å². The van der Waals surface area contributed by atoms with E-state index in [1.54, 1.807) is 4.31 Å². The first-order valence-corrected chi connectivity index (χ1v) is 8.76. The molecule has 0 N–H and O–H groups in total. The van der Waals surface area contributed by atoms with Gasteiger partial charge in [0.2, 0.25) is 10.0 Å². The Labute approximate surface area is 108 Å². The standard InChI is InChI=1S/C11H22BrNO2S/c1-10(2)9-16(14,15)13-8-4-6-11(13)5-3-7-12/h10-11H,3-9H2,1-2H3. The lowest BCUT2D eigenvalue weighted by Gasteiger charge is -2.24. The van der Waals surface area contributed by atoms with Crippen LogP contribution in [-0.2, 0) is 10.0 Å². The summed E-state index contributed by atoms with van der Waals surface area (Å²) in [5.74, 6) is 0.500. The second kappa shape index (κ2) is 6.36. The van der Waals surface area contributed by atoms with Crippen LogP contribution in [0.15, 0.2) is 0 Å². The quantitative estimate of drug-likeness (QED) is 0.707. The van der Waals surface area contributed by atoms with Gasteiger partial charge in [0.25, 0.3) is 0 Å². The Hall–Kier alpha value is 0.390. The second-order valence-corrected chi connectivity index (χ2v) is 7.67. The topological polar surface area (TPSA) is 37.4 Å². The predicted octanol–water partition coefficient (Wildman–Crippen LogP) is 2.61. The van der Waals surface area contributed by atoms with Gasteiger partial charge in [0, 0.05) is 17.9 Å². The van der Waals surface area contributed by atoms with Crippen LogP contribution in [0.1, 0.15) is 39.5 Å². The van der Waals surface area contributed by atoms with Crippen LogP contribution in [0.3, 0.4) is 0 Å². The smallest absolute Gasteiger partial charge is 0.212 e. The first kappa shape index (κ1) is 14.5. The van der Waals surface area contributed by atoms with E-state index in [1.807, 2.05) is 13.8 Å². The molecule has 1 fully saturated rings.